The maximum Gasteiger partial charge on any atom is 0.412 e. The summed E-state index contributed by atoms with van der Waals surface area (Å²) in [5, 5.41) is 5.30. The molecule has 0 bridgehead atoms. The first-order valence-corrected chi connectivity index (χ1v) is 10.1. The van der Waals surface area contributed by atoms with Gasteiger partial charge in [-0.1, -0.05) is 24.3 Å². The summed E-state index contributed by atoms with van der Waals surface area (Å²) in [6.07, 6.45) is 5.81. The number of ether oxygens (including phenoxy) is 1. The molecule has 0 aliphatic carbocycles. The zero-order chi connectivity index (χ0) is 23.3. The Morgan fingerprint density at radius 3 is 2.28 bits per heavy atom. The molecule has 2 aromatic carbocycles. The van der Waals surface area contributed by atoms with E-state index >= 15 is 0 Å². The molecule has 6 nitrogen and oxygen atoms in total. The molecule has 1 aromatic heterocycles. The molecule has 0 atom stereocenters. The van der Waals surface area contributed by atoms with Crippen LogP contribution >= 0.6 is 0 Å². The first-order valence-electron chi connectivity index (χ1n) is 10.1. The van der Waals surface area contributed by atoms with Crippen molar-refractivity contribution in [2.24, 2.45) is 7.05 Å². The molecule has 0 saturated carbocycles. The van der Waals surface area contributed by atoms with Crippen LogP contribution in [0.4, 0.5) is 20.6 Å². The van der Waals surface area contributed by atoms with E-state index in [9.17, 15) is 14.0 Å². The Bertz CT molecular complexity index is 1160. The van der Waals surface area contributed by atoms with E-state index < -0.39 is 23.4 Å². The van der Waals surface area contributed by atoms with E-state index in [0.717, 1.165) is 11.1 Å². The molecule has 166 valence electrons. The predicted molar refractivity (Wildman–Crippen MR) is 125 cm³/mol. The molecule has 0 radical (unpaired) electrons. The number of amides is 2. The molecule has 0 fully saturated rings. The highest BCUT2D eigenvalue weighted by molar-refractivity contribution is 6.05. The van der Waals surface area contributed by atoms with Crippen LogP contribution < -0.4 is 10.6 Å². The number of anilines is 2. The number of halogens is 1. The molecule has 0 saturated heterocycles. The number of carbonyl (C=O) groups is 2. The molecule has 2 N–H and O–H groups in total. The van der Waals surface area contributed by atoms with Crippen molar-refractivity contribution in [1.29, 1.82) is 0 Å². The van der Waals surface area contributed by atoms with Crippen LogP contribution in [0.15, 0.2) is 67.0 Å². The highest BCUT2D eigenvalue weighted by atomic mass is 19.1. The van der Waals surface area contributed by atoms with E-state index in [0.29, 0.717) is 16.9 Å². The van der Waals surface area contributed by atoms with Crippen molar-refractivity contribution in [3.63, 3.8) is 0 Å². The Kier molecular flexibility index (Phi) is 6.78. The Balaban J connectivity index is 1.68. The highest BCUT2D eigenvalue weighted by Crippen LogP contribution is 2.24. The number of aromatic nitrogens is 1. The predicted octanol–water partition coefficient (Wildman–Crippen LogP) is 5.83. The maximum absolute atomic E-state index is 14.5. The molecule has 0 aliphatic rings. The van der Waals surface area contributed by atoms with E-state index in [4.69, 9.17) is 4.74 Å². The van der Waals surface area contributed by atoms with Gasteiger partial charge in [0.15, 0.2) is 0 Å². The lowest BCUT2D eigenvalue weighted by Gasteiger charge is -2.20. The van der Waals surface area contributed by atoms with Crippen molar-refractivity contribution in [3.05, 3.63) is 78.4 Å². The third-order valence-electron chi connectivity index (χ3n) is 4.40. The normalized spacial score (nSPS) is 11.4. The second kappa shape index (κ2) is 9.51. The summed E-state index contributed by atoms with van der Waals surface area (Å²) in [6, 6.07) is 13.5. The van der Waals surface area contributed by atoms with Crippen LogP contribution in [-0.4, -0.2) is 22.2 Å². The molecule has 7 heteroatoms. The number of para-hydroxylation sites is 2. The summed E-state index contributed by atoms with van der Waals surface area (Å²) in [5.74, 6) is -0.891. The van der Waals surface area contributed by atoms with Gasteiger partial charge in [0.1, 0.15) is 11.4 Å². The molecule has 0 aliphatic heterocycles. The minimum Gasteiger partial charge on any atom is -0.444 e. The van der Waals surface area contributed by atoms with Crippen molar-refractivity contribution >= 4 is 29.5 Å². The van der Waals surface area contributed by atoms with Gasteiger partial charge in [-0.25, -0.2) is 9.18 Å². The van der Waals surface area contributed by atoms with Crippen LogP contribution in [-0.2, 0) is 16.6 Å². The number of rotatable bonds is 5. The number of hydrogen-bond acceptors (Lipinski definition) is 3. The topological polar surface area (TPSA) is 72.4 Å². The van der Waals surface area contributed by atoms with Crippen LogP contribution in [0.5, 0.6) is 0 Å². The third kappa shape index (κ3) is 6.31. The van der Waals surface area contributed by atoms with Crippen LogP contribution in [0.3, 0.4) is 0 Å². The number of nitrogens with one attached hydrogen (secondary N) is 2. The van der Waals surface area contributed by atoms with Gasteiger partial charge in [-0.2, -0.15) is 0 Å². The standard InChI is InChI=1S/C25H26FN3O3/c1-25(2,3)32-24(31)28-22-8-6-5-7-21(22)27-23(30)12-11-17-9-10-18(15-20(17)26)19-13-14-29(4)16-19/h5-16H,1-4H3,(H,27,30)(H,28,31). The number of carbonyl (C=O) groups excluding carboxylic acids is 2. The zero-order valence-electron chi connectivity index (χ0n) is 18.5. The monoisotopic (exact) mass is 435 g/mol. The highest BCUT2D eigenvalue weighted by Gasteiger charge is 2.17. The van der Waals surface area contributed by atoms with E-state index in [2.05, 4.69) is 10.6 Å². The Labute approximate surface area is 186 Å². The van der Waals surface area contributed by atoms with Crippen LogP contribution in [0.25, 0.3) is 17.2 Å². The lowest BCUT2D eigenvalue weighted by molar-refractivity contribution is -0.111. The maximum atomic E-state index is 14.5. The van der Waals surface area contributed by atoms with Gasteiger partial charge in [0.2, 0.25) is 5.91 Å². The van der Waals surface area contributed by atoms with Gasteiger partial charge >= 0.3 is 6.09 Å². The van der Waals surface area contributed by atoms with Gasteiger partial charge in [-0.15, -0.1) is 0 Å². The molecule has 2 amide bonds. The molecule has 3 rings (SSSR count). The minimum absolute atomic E-state index is 0.292. The Hall–Kier alpha value is -3.87. The summed E-state index contributed by atoms with van der Waals surface area (Å²) in [5.41, 5.74) is 2.10. The van der Waals surface area contributed by atoms with Crippen LogP contribution in [0.1, 0.15) is 26.3 Å². The largest absolute Gasteiger partial charge is 0.444 e. The summed E-state index contributed by atoms with van der Waals surface area (Å²) in [4.78, 5) is 24.4. The van der Waals surface area contributed by atoms with E-state index in [1.165, 1.54) is 18.2 Å². The molecule has 3 aromatic rings. The Morgan fingerprint density at radius 1 is 1.00 bits per heavy atom. The van der Waals surface area contributed by atoms with Gasteiger partial charge in [0, 0.05) is 31.1 Å². The minimum atomic E-state index is -0.648. The molecule has 1 heterocycles. The van der Waals surface area contributed by atoms with Crippen molar-refractivity contribution < 1.29 is 18.7 Å². The van der Waals surface area contributed by atoms with Crippen molar-refractivity contribution in [3.8, 4) is 11.1 Å². The van der Waals surface area contributed by atoms with Crippen LogP contribution in [0, 0.1) is 5.82 Å². The summed E-state index contributed by atoms with van der Waals surface area (Å²) in [7, 11) is 1.90. The molecular weight excluding hydrogens is 409 g/mol. The molecule has 32 heavy (non-hydrogen) atoms. The first-order chi connectivity index (χ1) is 15.1. The fourth-order valence-corrected chi connectivity index (χ4v) is 2.97. The fraction of sp³-hybridized carbons (Fsp3) is 0.200. The lowest BCUT2D eigenvalue weighted by Crippen LogP contribution is -2.27. The number of aryl methyl sites for hydroxylation is 1. The van der Waals surface area contributed by atoms with E-state index in [1.807, 2.05) is 30.1 Å². The van der Waals surface area contributed by atoms with Gasteiger partial charge in [0.05, 0.1) is 11.4 Å². The van der Waals surface area contributed by atoms with Crippen molar-refractivity contribution in [2.45, 2.75) is 26.4 Å². The smallest absolute Gasteiger partial charge is 0.412 e. The lowest BCUT2D eigenvalue weighted by atomic mass is 10.1. The quantitative estimate of drug-likeness (QED) is 0.495. The van der Waals surface area contributed by atoms with E-state index in [-0.39, 0.29) is 0 Å². The first kappa shape index (κ1) is 22.8. The summed E-state index contributed by atoms with van der Waals surface area (Å²) >= 11 is 0. The number of benzene rings is 2. The van der Waals surface area contributed by atoms with E-state index in [1.54, 1.807) is 57.2 Å². The third-order valence-corrected chi connectivity index (χ3v) is 4.40. The number of nitrogens with zero attached hydrogens (tertiary/aromatic N) is 1. The second-order valence-corrected chi connectivity index (χ2v) is 8.30. The summed E-state index contributed by atoms with van der Waals surface area (Å²) in [6.45, 7) is 5.28. The van der Waals surface area contributed by atoms with Gasteiger partial charge in [-0.3, -0.25) is 10.1 Å². The molecule has 0 unspecified atom stereocenters. The van der Waals surface area contributed by atoms with Crippen LogP contribution in [0.2, 0.25) is 0 Å². The fourth-order valence-electron chi connectivity index (χ4n) is 2.97. The Morgan fingerprint density at radius 2 is 1.69 bits per heavy atom. The zero-order valence-corrected chi connectivity index (χ0v) is 18.5. The SMILES string of the molecule is Cn1ccc(-c2ccc(C=CC(=O)Nc3ccccc3NC(=O)OC(C)(C)C)c(F)c2)c1. The summed E-state index contributed by atoms with van der Waals surface area (Å²) < 4.78 is 21.6. The molecular formula is C25H26FN3O3. The van der Waals surface area contributed by atoms with Crippen molar-refractivity contribution in [1.82, 2.24) is 4.57 Å². The average Bonchev–Trinajstić information content (AvgIpc) is 3.13. The molecule has 0 spiro atoms. The average molecular weight is 435 g/mol. The van der Waals surface area contributed by atoms with Gasteiger partial charge < -0.3 is 14.6 Å². The second-order valence-electron chi connectivity index (χ2n) is 8.30. The van der Waals surface area contributed by atoms with Gasteiger partial charge in [-0.05, 0) is 62.2 Å². The van der Waals surface area contributed by atoms with Crippen molar-refractivity contribution in [2.75, 3.05) is 10.6 Å². The number of hydrogen-bond donors (Lipinski definition) is 2. The van der Waals surface area contributed by atoms with Gasteiger partial charge in [0.25, 0.3) is 0 Å².